The van der Waals surface area contributed by atoms with E-state index >= 15 is 0 Å². The molecule has 1 heterocycles. The van der Waals surface area contributed by atoms with E-state index in [0.717, 1.165) is 23.5 Å². The molecule has 2 rings (SSSR count). The van der Waals surface area contributed by atoms with Crippen molar-refractivity contribution in [3.8, 4) is 0 Å². The Kier molecular flexibility index (Phi) is 3.75. The lowest BCUT2D eigenvalue weighted by atomic mass is 10.1. The topological polar surface area (TPSA) is 17.0 Å². The van der Waals surface area contributed by atoms with Crippen molar-refractivity contribution in [1.82, 2.24) is 9.88 Å². The summed E-state index contributed by atoms with van der Waals surface area (Å²) in [6.45, 7) is 5.29. The zero-order chi connectivity index (χ0) is 12.4. The number of nitrogens with one attached hydrogen (secondary N) is 1. The maximum absolute atomic E-state index is 6.29. The molecule has 0 amide bonds. The summed E-state index contributed by atoms with van der Waals surface area (Å²) in [5, 5.41) is 5.40. The van der Waals surface area contributed by atoms with Gasteiger partial charge in [-0.05, 0) is 38.9 Å². The smallest absolute Gasteiger partial charge is 0.0672 e. The van der Waals surface area contributed by atoms with Crippen molar-refractivity contribution in [2.75, 3.05) is 7.05 Å². The second kappa shape index (κ2) is 5.11. The van der Waals surface area contributed by atoms with Gasteiger partial charge in [-0.25, -0.2) is 0 Å². The number of hydrogen-bond acceptors (Lipinski definition) is 1. The van der Waals surface area contributed by atoms with Crippen molar-refractivity contribution in [2.24, 2.45) is 0 Å². The Morgan fingerprint density at radius 1 is 1.41 bits per heavy atom. The van der Waals surface area contributed by atoms with Crippen molar-refractivity contribution in [2.45, 2.75) is 32.9 Å². The zero-order valence-electron chi connectivity index (χ0n) is 10.6. The number of para-hydroxylation sites is 1. The molecule has 0 saturated heterocycles. The van der Waals surface area contributed by atoms with Gasteiger partial charge in [0.15, 0.2) is 0 Å². The molecule has 0 radical (unpaired) electrons. The van der Waals surface area contributed by atoms with Crippen LogP contribution in [-0.4, -0.2) is 17.7 Å². The lowest BCUT2D eigenvalue weighted by molar-refractivity contribution is 0.609. The van der Waals surface area contributed by atoms with Crippen LogP contribution in [0.25, 0.3) is 10.9 Å². The summed E-state index contributed by atoms with van der Waals surface area (Å²) in [4.78, 5) is 0. The van der Waals surface area contributed by atoms with Gasteiger partial charge in [-0.15, -0.1) is 0 Å². The van der Waals surface area contributed by atoms with Crippen LogP contribution < -0.4 is 5.32 Å². The minimum Gasteiger partial charge on any atom is -0.346 e. The highest BCUT2D eigenvalue weighted by Gasteiger charge is 2.12. The highest BCUT2D eigenvalue weighted by Crippen LogP contribution is 2.28. The lowest BCUT2D eigenvalue weighted by Crippen LogP contribution is -2.23. The Labute approximate surface area is 108 Å². The molecule has 2 aromatic rings. The van der Waals surface area contributed by atoms with E-state index in [2.05, 4.69) is 36.0 Å². The maximum atomic E-state index is 6.29. The number of aryl methyl sites for hydroxylation is 1. The standard InChI is InChI=1S/C14H19ClN2/c1-4-17-9-11(8-10(2)16-3)12-6-5-7-13(15)14(12)17/h5-7,9-10,16H,4,8H2,1-3H3. The maximum Gasteiger partial charge on any atom is 0.0672 e. The summed E-state index contributed by atoms with van der Waals surface area (Å²) in [5.41, 5.74) is 2.53. The molecule has 1 aromatic heterocycles. The predicted octanol–water partition coefficient (Wildman–Crippen LogP) is 3.47. The van der Waals surface area contributed by atoms with Crippen LogP contribution in [0.4, 0.5) is 0 Å². The molecule has 1 atom stereocenters. The van der Waals surface area contributed by atoms with Gasteiger partial charge >= 0.3 is 0 Å². The predicted molar refractivity (Wildman–Crippen MR) is 74.8 cm³/mol. The van der Waals surface area contributed by atoms with E-state index in [1.165, 1.54) is 10.9 Å². The largest absolute Gasteiger partial charge is 0.346 e. The molecule has 0 saturated carbocycles. The van der Waals surface area contributed by atoms with Crippen LogP contribution >= 0.6 is 11.6 Å². The van der Waals surface area contributed by atoms with Crippen LogP contribution in [0.15, 0.2) is 24.4 Å². The average Bonchev–Trinajstić information content (AvgIpc) is 2.69. The van der Waals surface area contributed by atoms with E-state index in [9.17, 15) is 0 Å². The minimum absolute atomic E-state index is 0.477. The third kappa shape index (κ3) is 2.33. The van der Waals surface area contributed by atoms with E-state index in [4.69, 9.17) is 11.6 Å². The molecular formula is C14H19ClN2. The van der Waals surface area contributed by atoms with Crippen LogP contribution in [0.1, 0.15) is 19.4 Å². The summed E-state index contributed by atoms with van der Waals surface area (Å²) in [5.74, 6) is 0. The first-order valence-electron chi connectivity index (χ1n) is 6.10. The highest BCUT2D eigenvalue weighted by molar-refractivity contribution is 6.35. The molecule has 0 bridgehead atoms. The van der Waals surface area contributed by atoms with E-state index in [1.807, 2.05) is 19.2 Å². The van der Waals surface area contributed by atoms with E-state index in [-0.39, 0.29) is 0 Å². The molecule has 1 aromatic carbocycles. The second-order valence-corrected chi connectivity index (χ2v) is 4.88. The molecule has 0 spiro atoms. The van der Waals surface area contributed by atoms with Crippen LogP contribution in [0.5, 0.6) is 0 Å². The summed E-state index contributed by atoms with van der Waals surface area (Å²) in [6.07, 6.45) is 3.25. The van der Waals surface area contributed by atoms with Crippen molar-refractivity contribution >= 4 is 22.5 Å². The van der Waals surface area contributed by atoms with Crippen LogP contribution in [-0.2, 0) is 13.0 Å². The Balaban J connectivity index is 2.53. The monoisotopic (exact) mass is 250 g/mol. The van der Waals surface area contributed by atoms with Gasteiger partial charge in [-0.3, -0.25) is 0 Å². The van der Waals surface area contributed by atoms with Gasteiger partial charge in [0.25, 0.3) is 0 Å². The SMILES string of the molecule is CCn1cc(CC(C)NC)c2cccc(Cl)c21. The number of fused-ring (bicyclic) bond motifs is 1. The number of halogens is 1. The first kappa shape index (κ1) is 12.5. The average molecular weight is 251 g/mol. The third-order valence-corrected chi connectivity index (χ3v) is 3.60. The van der Waals surface area contributed by atoms with E-state index < -0.39 is 0 Å². The van der Waals surface area contributed by atoms with Gasteiger partial charge in [0, 0.05) is 24.2 Å². The minimum atomic E-state index is 0.477. The molecule has 0 aliphatic carbocycles. The fourth-order valence-corrected chi connectivity index (χ4v) is 2.52. The summed E-state index contributed by atoms with van der Waals surface area (Å²) < 4.78 is 2.23. The Hall–Kier alpha value is -0.990. The summed E-state index contributed by atoms with van der Waals surface area (Å²) in [6, 6.07) is 6.62. The van der Waals surface area contributed by atoms with Gasteiger partial charge < -0.3 is 9.88 Å². The van der Waals surface area contributed by atoms with Gasteiger partial charge in [0.1, 0.15) is 0 Å². The van der Waals surface area contributed by atoms with Crippen molar-refractivity contribution in [3.63, 3.8) is 0 Å². The van der Waals surface area contributed by atoms with Crippen LogP contribution in [0.2, 0.25) is 5.02 Å². The van der Waals surface area contributed by atoms with E-state index in [0.29, 0.717) is 6.04 Å². The van der Waals surface area contributed by atoms with Crippen LogP contribution in [0.3, 0.4) is 0 Å². The summed E-state index contributed by atoms with van der Waals surface area (Å²) >= 11 is 6.29. The van der Waals surface area contributed by atoms with Crippen LogP contribution in [0, 0.1) is 0 Å². The van der Waals surface area contributed by atoms with Crippen molar-refractivity contribution in [1.29, 1.82) is 0 Å². The number of nitrogens with zero attached hydrogens (tertiary/aromatic N) is 1. The summed E-state index contributed by atoms with van der Waals surface area (Å²) in [7, 11) is 2.00. The number of rotatable bonds is 4. The molecule has 0 aliphatic rings. The third-order valence-electron chi connectivity index (χ3n) is 3.29. The first-order chi connectivity index (χ1) is 8.17. The molecule has 0 fully saturated rings. The highest BCUT2D eigenvalue weighted by atomic mass is 35.5. The van der Waals surface area contributed by atoms with Crippen molar-refractivity contribution < 1.29 is 0 Å². The first-order valence-corrected chi connectivity index (χ1v) is 6.48. The van der Waals surface area contributed by atoms with Gasteiger partial charge in [0.2, 0.25) is 0 Å². The normalized spacial score (nSPS) is 13.2. The Bertz CT molecular complexity index is 516. The van der Waals surface area contributed by atoms with Gasteiger partial charge in [-0.2, -0.15) is 0 Å². The molecule has 3 heteroatoms. The fraction of sp³-hybridized carbons (Fsp3) is 0.429. The lowest BCUT2D eigenvalue weighted by Gasteiger charge is -2.08. The molecule has 1 unspecified atom stereocenters. The Morgan fingerprint density at radius 2 is 2.18 bits per heavy atom. The molecule has 1 N–H and O–H groups in total. The second-order valence-electron chi connectivity index (χ2n) is 4.47. The van der Waals surface area contributed by atoms with Gasteiger partial charge in [-0.1, -0.05) is 23.7 Å². The fourth-order valence-electron chi connectivity index (χ4n) is 2.23. The van der Waals surface area contributed by atoms with Gasteiger partial charge in [0.05, 0.1) is 10.5 Å². The molecule has 92 valence electrons. The van der Waals surface area contributed by atoms with E-state index in [1.54, 1.807) is 0 Å². The molecule has 17 heavy (non-hydrogen) atoms. The number of hydrogen-bond donors (Lipinski definition) is 1. The van der Waals surface area contributed by atoms with Crippen molar-refractivity contribution in [3.05, 3.63) is 35.0 Å². The molecule has 0 aliphatic heterocycles. The number of likely N-dealkylation sites (N-methyl/N-ethyl adjacent to an activating group) is 1. The number of aromatic nitrogens is 1. The Morgan fingerprint density at radius 3 is 2.82 bits per heavy atom. The zero-order valence-corrected chi connectivity index (χ0v) is 11.4. The quantitative estimate of drug-likeness (QED) is 0.879. The molecular weight excluding hydrogens is 232 g/mol. The molecule has 2 nitrogen and oxygen atoms in total. The number of benzene rings is 1.